The highest BCUT2D eigenvalue weighted by Crippen LogP contribution is 2.39. The molecule has 2 aromatic heterocycles. The van der Waals surface area contributed by atoms with E-state index in [1.807, 2.05) is 4.90 Å². The van der Waals surface area contributed by atoms with Crippen molar-refractivity contribution in [2.24, 2.45) is 0 Å². The van der Waals surface area contributed by atoms with E-state index in [4.69, 9.17) is 0 Å². The number of alkyl halides is 1. The van der Waals surface area contributed by atoms with Crippen LogP contribution < -0.4 is 4.90 Å². The fraction of sp³-hybridized carbons (Fsp3) is 0.400. The minimum absolute atomic E-state index is 0.114. The average Bonchev–Trinajstić information content (AvgIpc) is 3.22. The molecule has 2 saturated carbocycles. The highest BCUT2D eigenvalue weighted by atomic mass is 19.1. The molecule has 2 atom stereocenters. The number of phenolic OH excluding ortho intramolecular Hbond substituents is 1. The fourth-order valence-electron chi connectivity index (χ4n) is 4.06. The average molecular weight is 398 g/mol. The van der Waals surface area contributed by atoms with E-state index in [-0.39, 0.29) is 34.8 Å². The quantitative estimate of drug-likeness (QED) is 0.682. The van der Waals surface area contributed by atoms with Gasteiger partial charge in [0.05, 0.1) is 24.0 Å². The zero-order valence-corrected chi connectivity index (χ0v) is 15.6. The normalized spacial score (nSPS) is 21.4. The van der Waals surface area contributed by atoms with Crippen LogP contribution >= 0.6 is 0 Å². The van der Waals surface area contributed by atoms with E-state index < -0.39 is 12.0 Å². The smallest absolute Gasteiger partial charge is 0.185 e. The number of nitrogens with one attached hydrogen (secondary N) is 1. The molecule has 0 saturated heterocycles. The molecule has 0 radical (unpaired) electrons. The van der Waals surface area contributed by atoms with Crippen LogP contribution in [0.25, 0.3) is 22.5 Å². The standard InChI is InChI=1S/C20H20F2N6O/c21-15-2-1-3-17(15)28(12-4-5-12)19-10-23-20(27-26-19)14-6-16(22)13(7-18(14)29)11-8-24-25-9-11/h6-10,12,15,17,29H,1-5H2,(H,24,25). The van der Waals surface area contributed by atoms with Crippen molar-refractivity contribution in [2.45, 2.75) is 50.4 Å². The number of aromatic amines is 1. The van der Waals surface area contributed by atoms with Gasteiger partial charge in [0.15, 0.2) is 11.6 Å². The number of H-pyrrole nitrogens is 1. The SMILES string of the molecule is Oc1cc(-c2cn[nH]c2)c(F)cc1-c1ncc(N(C2CC2)C2CCCC2F)nn1. The van der Waals surface area contributed by atoms with Gasteiger partial charge in [-0.1, -0.05) is 0 Å². The Labute approximate surface area is 165 Å². The molecule has 150 valence electrons. The van der Waals surface area contributed by atoms with Crippen LogP contribution in [0.5, 0.6) is 5.75 Å². The number of anilines is 1. The summed E-state index contributed by atoms with van der Waals surface area (Å²) in [7, 11) is 0. The maximum Gasteiger partial charge on any atom is 0.185 e. The summed E-state index contributed by atoms with van der Waals surface area (Å²) in [6.45, 7) is 0. The summed E-state index contributed by atoms with van der Waals surface area (Å²) in [4.78, 5) is 6.29. The van der Waals surface area contributed by atoms with Crippen LogP contribution in [0, 0.1) is 5.82 Å². The van der Waals surface area contributed by atoms with E-state index in [0.717, 1.165) is 25.7 Å². The molecule has 0 aliphatic heterocycles. The number of hydrogen-bond acceptors (Lipinski definition) is 6. The number of aromatic nitrogens is 5. The lowest BCUT2D eigenvalue weighted by Gasteiger charge is -2.30. The van der Waals surface area contributed by atoms with E-state index in [1.165, 1.54) is 30.7 Å². The Balaban J connectivity index is 1.45. The van der Waals surface area contributed by atoms with Gasteiger partial charge in [-0.05, 0) is 44.2 Å². The summed E-state index contributed by atoms with van der Waals surface area (Å²) in [5.41, 5.74) is 0.895. The largest absolute Gasteiger partial charge is 0.507 e. The topological polar surface area (TPSA) is 90.8 Å². The van der Waals surface area contributed by atoms with Gasteiger partial charge in [-0.25, -0.2) is 13.8 Å². The molecule has 0 spiro atoms. The van der Waals surface area contributed by atoms with Crippen LogP contribution in [-0.2, 0) is 0 Å². The Bertz CT molecular complexity index is 1010. The van der Waals surface area contributed by atoms with Crippen LogP contribution in [0.15, 0.2) is 30.7 Å². The molecule has 7 nitrogen and oxygen atoms in total. The number of phenols is 1. The summed E-state index contributed by atoms with van der Waals surface area (Å²) < 4.78 is 28.9. The van der Waals surface area contributed by atoms with Gasteiger partial charge in [0.1, 0.15) is 17.7 Å². The molecule has 5 rings (SSSR count). The first-order valence-corrected chi connectivity index (χ1v) is 9.76. The lowest BCUT2D eigenvalue weighted by Crippen LogP contribution is -2.41. The van der Waals surface area contributed by atoms with Crippen molar-refractivity contribution < 1.29 is 13.9 Å². The highest BCUT2D eigenvalue weighted by molar-refractivity contribution is 5.73. The fourth-order valence-corrected chi connectivity index (χ4v) is 4.06. The van der Waals surface area contributed by atoms with Gasteiger partial charge in [-0.15, -0.1) is 10.2 Å². The first kappa shape index (κ1) is 18.0. The Kier molecular flexibility index (Phi) is 4.37. The first-order chi connectivity index (χ1) is 14.1. The molecule has 2 unspecified atom stereocenters. The summed E-state index contributed by atoms with van der Waals surface area (Å²) in [6, 6.07) is 2.58. The molecule has 3 aromatic rings. The highest BCUT2D eigenvalue weighted by Gasteiger charge is 2.41. The van der Waals surface area contributed by atoms with Gasteiger partial charge >= 0.3 is 0 Å². The molecule has 2 aliphatic carbocycles. The second kappa shape index (κ2) is 7.06. The third-order valence-electron chi connectivity index (χ3n) is 5.64. The van der Waals surface area contributed by atoms with Crippen molar-refractivity contribution in [2.75, 3.05) is 4.90 Å². The van der Waals surface area contributed by atoms with Crippen molar-refractivity contribution >= 4 is 5.82 Å². The Morgan fingerprint density at radius 3 is 2.55 bits per heavy atom. The van der Waals surface area contributed by atoms with E-state index >= 15 is 0 Å². The second-order valence-corrected chi connectivity index (χ2v) is 7.63. The van der Waals surface area contributed by atoms with Crippen LogP contribution in [0.2, 0.25) is 0 Å². The van der Waals surface area contributed by atoms with Gasteiger partial charge in [-0.3, -0.25) is 5.10 Å². The molecule has 0 amide bonds. The third-order valence-corrected chi connectivity index (χ3v) is 5.64. The molecule has 2 aliphatic rings. The molecular weight excluding hydrogens is 378 g/mol. The molecule has 2 N–H and O–H groups in total. The maximum atomic E-state index is 14.6. The summed E-state index contributed by atoms with van der Waals surface area (Å²) in [5.74, 6) is -0.0443. The summed E-state index contributed by atoms with van der Waals surface area (Å²) >= 11 is 0. The lowest BCUT2D eigenvalue weighted by atomic mass is 10.0. The number of nitrogens with zero attached hydrogens (tertiary/aromatic N) is 5. The second-order valence-electron chi connectivity index (χ2n) is 7.63. The van der Waals surface area contributed by atoms with Gasteiger partial charge in [0, 0.05) is 23.4 Å². The molecule has 0 bridgehead atoms. The number of benzene rings is 1. The van der Waals surface area contributed by atoms with Crippen LogP contribution in [0.1, 0.15) is 32.1 Å². The number of aromatic hydroxyl groups is 1. The number of halogens is 2. The monoisotopic (exact) mass is 398 g/mol. The van der Waals surface area contributed by atoms with E-state index in [1.54, 1.807) is 0 Å². The predicted molar refractivity (Wildman–Crippen MR) is 103 cm³/mol. The van der Waals surface area contributed by atoms with Crippen LogP contribution in [0.4, 0.5) is 14.6 Å². The predicted octanol–water partition coefficient (Wildman–Crippen LogP) is 3.63. The first-order valence-electron chi connectivity index (χ1n) is 9.76. The van der Waals surface area contributed by atoms with Gasteiger partial charge in [0.2, 0.25) is 0 Å². The van der Waals surface area contributed by atoms with Crippen molar-refractivity contribution in [1.29, 1.82) is 0 Å². The van der Waals surface area contributed by atoms with Gasteiger partial charge in [-0.2, -0.15) is 5.10 Å². The molecule has 2 heterocycles. The van der Waals surface area contributed by atoms with E-state index in [9.17, 15) is 13.9 Å². The molecule has 1 aromatic carbocycles. The molecule has 2 fully saturated rings. The van der Waals surface area contributed by atoms with Crippen molar-refractivity contribution in [3.8, 4) is 28.3 Å². The minimum atomic E-state index is -0.870. The minimum Gasteiger partial charge on any atom is -0.507 e. The van der Waals surface area contributed by atoms with E-state index in [2.05, 4.69) is 25.4 Å². The number of hydrogen-bond donors (Lipinski definition) is 2. The summed E-state index contributed by atoms with van der Waals surface area (Å²) in [5, 5.41) is 25.1. The number of rotatable bonds is 5. The van der Waals surface area contributed by atoms with Gasteiger partial charge in [0.25, 0.3) is 0 Å². The Hall–Kier alpha value is -3.10. The zero-order valence-electron chi connectivity index (χ0n) is 15.6. The van der Waals surface area contributed by atoms with Crippen LogP contribution in [-0.4, -0.2) is 48.7 Å². The summed E-state index contributed by atoms with van der Waals surface area (Å²) in [6.07, 6.45) is 7.92. The van der Waals surface area contributed by atoms with Crippen LogP contribution in [0.3, 0.4) is 0 Å². The van der Waals surface area contributed by atoms with E-state index in [0.29, 0.717) is 17.8 Å². The van der Waals surface area contributed by atoms with Crippen molar-refractivity contribution in [3.05, 3.63) is 36.5 Å². The van der Waals surface area contributed by atoms with Gasteiger partial charge < -0.3 is 10.0 Å². The lowest BCUT2D eigenvalue weighted by molar-refractivity contribution is 0.299. The third kappa shape index (κ3) is 3.30. The zero-order chi connectivity index (χ0) is 20.0. The van der Waals surface area contributed by atoms with Crippen molar-refractivity contribution in [3.63, 3.8) is 0 Å². The molecule has 29 heavy (non-hydrogen) atoms. The Morgan fingerprint density at radius 2 is 1.93 bits per heavy atom. The maximum absolute atomic E-state index is 14.6. The Morgan fingerprint density at radius 1 is 1.07 bits per heavy atom. The molecular formula is C20H20F2N6O. The van der Waals surface area contributed by atoms with Crippen molar-refractivity contribution in [1.82, 2.24) is 25.4 Å². The molecule has 9 heteroatoms.